The maximum absolute atomic E-state index is 12.7. The highest BCUT2D eigenvalue weighted by molar-refractivity contribution is 7.99. The van der Waals surface area contributed by atoms with Crippen molar-refractivity contribution in [2.24, 2.45) is 4.99 Å². The van der Waals surface area contributed by atoms with Crippen LogP contribution in [0.2, 0.25) is 0 Å². The van der Waals surface area contributed by atoms with Crippen LogP contribution in [0.5, 0.6) is 0 Å². The number of rotatable bonds is 4. The van der Waals surface area contributed by atoms with Crippen LogP contribution in [0.15, 0.2) is 26.9 Å². The van der Waals surface area contributed by atoms with Gasteiger partial charge < -0.3 is 0 Å². The maximum Gasteiger partial charge on any atom is 0.266 e. The highest BCUT2D eigenvalue weighted by Crippen LogP contribution is 2.39. The van der Waals surface area contributed by atoms with Crippen LogP contribution in [0.1, 0.15) is 18.9 Å². The van der Waals surface area contributed by atoms with E-state index >= 15 is 0 Å². The summed E-state index contributed by atoms with van der Waals surface area (Å²) >= 11 is 5.54. The third kappa shape index (κ3) is 2.95. The van der Waals surface area contributed by atoms with Crippen molar-refractivity contribution in [1.29, 1.82) is 0 Å². The lowest BCUT2D eigenvalue weighted by atomic mass is 10.2. The molecule has 1 aromatic rings. The summed E-state index contributed by atoms with van der Waals surface area (Å²) in [7, 11) is 0. The molecule has 0 aromatic heterocycles. The molecule has 15 heavy (non-hydrogen) atoms. The number of aliphatic imine (C=N–C) groups is 1. The molecule has 1 nitrogen and oxygen atoms in total. The lowest BCUT2D eigenvalue weighted by molar-refractivity contribution is 0.151. The van der Waals surface area contributed by atoms with Crippen LogP contribution >= 0.6 is 24.4 Å². The Hall–Kier alpha value is -0.550. The molecule has 0 aliphatic heterocycles. The van der Waals surface area contributed by atoms with Crippen molar-refractivity contribution in [3.63, 3.8) is 0 Å². The van der Waals surface area contributed by atoms with E-state index in [1.165, 1.54) is 17.8 Å². The van der Waals surface area contributed by atoms with Crippen molar-refractivity contribution in [1.82, 2.24) is 0 Å². The second-order valence-electron chi connectivity index (χ2n) is 2.77. The maximum atomic E-state index is 12.7. The van der Waals surface area contributed by atoms with Crippen molar-refractivity contribution in [2.75, 3.05) is 5.75 Å². The number of thioether (sulfide) groups is 1. The highest BCUT2D eigenvalue weighted by atomic mass is 32.2. The Morgan fingerprint density at radius 3 is 2.67 bits per heavy atom. The molecule has 0 fully saturated rings. The van der Waals surface area contributed by atoms with Gasteiger partial charge in [0.25, 0.3) is 6.43 Å². The predicted octanol–water partition coefficient (Wildman–Crippen LogP) is 4.36. The van der Waals surface area contributed by atoms with Crippen molar-refractivity contribution in [2.45, 2.75) is 23.1 Å². The first kappa shape index (κ1) is 12.5. The molecular weight excluding hydrogens is 236 g/mol. The first-order valence-electron chi connectivity index (χ1n) is 4.34. The Morgan fingerprint density at radius 2 is 2.20 bits per heavy atom. The molecule has 0 amide bonds. The monoisotopic (exact) mass is 247 g/mol. The molecule has 0 atom stereocenters. The molecule has 0 radical (unpaired) electrons. The molecule has 0 aliphatic rings. The molecule has 0 N–H and O–H groups in total. The van der Waals surface area contributed by atoms with Gasteiger partial charge in [-0.1, -0.05) is 6.92 Å². The summed E-state index contributed by atoms with van der Waals surface area (Å²) in [6.07, 6.45) is -2.55. The second-order valence-corrected chi connectivity index (χ2v) is 4.60. The van der Waals surface area contributed by atoms with Crippen LogP contribution < -0.4 is 0 Å². The normalized spacial score (nSPS) is 10.7. The fourth-order valence-electron chi connectivity index (χ4n) is 1.22. The van der Waals surface area contributed by atoms with E-state index in [4.69, 9.17) is 0 Å². The summed E-state index contributed by atoms with van der Waals surface area (Å²) in [6, 6.07) is 3.06. The lowest BCUT2D eigenvalue weighted by Crippen LogP contribution is -1.88. The predicted molar refractivity (Wildman–Crippen MR) is 64.3 cm³/mol. The number of hydrogen-bond donors (Lipinski definition) is 1. The largest absolute Gasteiger partial charge is 0.266 e. The minimum absolute atomic E-state index is 0.103. The van der Waals surface area contributed by atoms with Gasteiger partial charge in [0.15, 0.2) is 0 Å². The first-order valence-corrected chi connectivity index (χ1v) is 5.78. The van der Waals surface area contributed by atoms with Gasteiger partial charge in [0.1, 0.15) is 0 Å². The lowest BCUT2D eigenvalue weighted by Gasteiger charge is -2.10. The zero-order chi connectivity index (χ0) is 11.4. The van der Waals surface area contributed by atoms with Crippen LogP contribution in [0.3, 0.4) is 0 Å². The highest BCUT2D eigenvalue weighted by Gasteiger charge is 2.16. The molecule has 82 valence electrons. The van der Waals surface area contributed by atoms with E-state index in [0.29, 0.717) is 9.79 Å². The van der Waals surface area contributed by atoms with Gasteiger partial charge in [-0.2, -0.15) is 0 Å². The number of thiol groups is 1. The zero-order valence-corrected chi connectivity index (χ0v) is 9.92. The third-order valence-electron chi connectivity index (χ3n) is 1.78. The van der Waals surface area contributed by atoms with E-state index in [2.05, 4.69) is 24.3 Å². The van der Waals surface area contributed by atoms with Gasteiger partial charge in [0, 0.05) is 15.4 Å². The molecule has 0 heterocycles. The number of alkyl halides is 2. The molecule has 0 bridgehead atoms. The molecular formula is C10H11F2NS2. The molecule has 0 unspecified atom stereocenters. The molecule has 0 saturated carbocycles. The first-order chi connectivity index (χ1) is 7.10. The topological polar surface area (TPSA) is 12.4 Å². The number of nitrogens with zero attached hydrogens (tertiary/aromatic N) is 1. The van der Waals surface area contributed by atoms with Crippen LogP contribution in [-0.2, 0) is 0 Å². The SMILES string of the molecule is C=Nc1c(SCC)cc(S)cc1C(F)F. The second kappa shape index (κ2) is 5.51. The van der Waals surface area contributed by atoms with Crippen LogP contribution in [0.25, 0.3) is 0 Å². The average molecular weight is 247 g/mol. The van der Waals surface area contributed by atoms with Crippen molar-refractivity contribution >= 4 is 36.8 Å². The summed E-state index contributed by atoms with van der Waals surface area (Å²) in [4.78, 5) is 4.89. The van der Waals surface area contributed by atoms with E-state index in [0.717, 1.165) is 5.75 Å². The van der Waals surface area contributed by atoms with E-state index in [-0.39, 0.29) is 11.3 Å². The summed E-state index contributed by atoms with van der Waals surface area (Å²) in [5.41, 5.74) is 0.170. The third-order valence-corrected chi connectivity index (χ3v) is 2.95. The van der Waals surface area contributed by atoms with E-state index in [1.807, 2.05) is 6.92 Å². The molecule has 0 spiro atoms. The van der Waals surface area contributed by atoms with Gasteiger partial charge >= 0.3 is 0 Å². The summed E-state index contributed by atoms with van der Waals surface area (Å²) in [5, 5.41) is 0. The molecule has 1 aromatic carbocycles. The average Bonchev–Trinajstić information content (AvgIpc) is 2.17. The van der Waals surface area contributed by atoms with E-state index in [1.54, 1.807) is 6.07 Å². The van der Waals surface area contributed by atoms with E-state index < -0.39 is 6.43 Å². The van der Waals surface area contributed by atoms with Gasteiger partial charge in [-0.3, -0.25) is 4.99 Å². The number of halogens is 2. The van der Waals surface area contributed by atoms with Crippen LogP contribution in [-0.4, -0.2) is 12.5 Å². The smallest absolute Gasteiger partial charge is 0.263 e. The summed E-state index contributed by atoms with van der Waals surface area (Å²) in [6.45, 7) is 5.27. The minimum atomic E-state index is -2.55. The van der Waals surface area contributed by atoms with Crippen LogP contribution in [0, 0.1) is 0 Å². The molecule has 5 heteroatoms. The number of hydrogen-bond acceptors (Lipinski definition) is 3. The number of benzene rings is 1. The Balaban J connectivity index is 3.31. The van der Waals surface area contributed by atoms with Crippen molar-refractivity contribution in [3.8, 4) is 0 Å². The van der Waals surface area contributed by atoms with Crippen molar-refractivity contribution in [3.05, 3.63) is 17.7 Å². The minimum Gasteiger partial charge on any atom is -0.263 e. The van der Waals surface area contributed by atoms with Crippen molar-refractivity contribution < 1.29 is 8.78 Å². The quantitative estimate of drug-likeness (QED) is 0.474. The van der Waals surface area contributed by atoms with Gasteiger partial charge in [-0.25, -0.2) is 8.78 Å². The fourth-order valence-corrected chi connectivity index (χ4v) is 2.41. The van der Waals surface area contributed by atoms with Gasteiger partial charge in [0.05, 0.1) is 5.69 Å². The molecule has 1 rings (SSSR count). The van der Waals surface area contributed by atoms with Gasteiger partial charge in [-0.15, -0.1) is 24.4 Å². The van der Waals surface area contributed by atoms with E-state index in [9.17, 15) is 8.78 Å². The van der Waals surface area contributed by atoms with Gasteiger partial charge in [-0.05, 0) is 24.6 Å². The summed E-state index contributed by atoms with van der Waals surface area (Å²) in [5.74, 6) is 0.794. The van der Waals surface area contributed by atoms with Crippen LogP contribution in [0.4, 0.5) is 14.5 Å². The zero-order valence-electron chi connectivity index (χ0n) is 8.20. The Morgan fingerprint density at radius 1 is 1.53 bits per heavy atom. The fraction of sp³-hybridized carbons (Fsp3) is 0.300. The summed E-state index contributed by atoms with van der Waals surface area (Å²) < 4.78 is 25.4. The Bertz CT molecular complexity index is 367. The Labute approximate surface area is 97.4 Å². The van der Waals surface area contributed by atoms with Gasteiger partial charge in [0.2, 0.25) is 0 Å². The molecule has 0 aliphatic carbocycles. The standard InChI is InChI=1S/C10H11F2NS2/c1-3-15-8-5-6(14)4-7(10(11)12)9(8)13-2/h4-5,10,14H,2-3H2,1H3. The Kier molecular flexibility index (Phi) is 4.60. The molecule has 0 saturated heterocycles.